The highest BCUT2D eigenvalue weighted by Gasteiger charge is 2.07. The molecule has 0 saturated carbocycles. The van der Waals surface area contributed by atoms with E-state index in [9.17, 15) is 20.2 Å². The summed E-state index contributed by atoms with van der Waals surface area (Å²) in [6.07, 6.45) is 2.21. The van der Waals surface area contributed by atoms with Gasteiger partial charge in [0.1, 0.15) is 24.0 Å². The maximum atomic E-state index is 10.4. The number of nitro groups is 2. The van der Waals surface area contributed by atoms with Gasteiger partial charge in [-0.05, 0) is 12.1 Å². The Labute approximate surface area is 120 Å². The van der Waals surface area contributed by atoms with Crippen LogP contribution in [0.1, 0.15) is 13.8 Å². The van der Waals surface area contributed by atoms with E-state index in [4.69, 9.17) is 0 Å². The van der Waals surface area contributed by atoms with Gasteiger partial charge >= 0.3 is 0 Å². The van der Waals surface area contributed by atoms with Crippen LogP contribution in [0.25, 0.3) is 0 Å². The predicted molar refractivity (Wildman–Crippen MR) is 76.4 cm³/mol. The van der Waals surface area contributed by atoms with Gasteiger partial charge in [-0.2, -0.15) is 0 Å². The third-order valence-electron chi connectivity index (χ3n) is 2.17. The molecule has 21 heavy (non-hydrogen) atoms. The molecule has 0 fully saturated rings. The topological polar surface area (TPSA) is 124 Å². The van der Waals surface area contributed by atoms with E-state index in [1.807, 2.05) is 13.8 Å². The number of nitrogens with zero attached hydrogens (tertiary/aromatic N) is 4. The van der Waals surface area contributed by atoms with Crippen LogP contribution in [-0.2, 0) is 0 Å². The number of hydrogen-bond acceptors (Lipinski definition) is 7. The lowest BCUT2D eigenvalue weighted by Crippen LogP contribution is -1.97. The van der Waals surface area contributed by atoms with Gasteiger partial charge in [-0.3, -0.25) is 20.2 Å². The second kappa shape index (κ2) is 7.48. The molecular weight excluding hydrogens is 278 g/mol. The fraction of sp³-hybridized carbons (Fsp3) is 0.167. The number of anilines is 2. The molecule has 110 valence electrons. The molecule has 0 bridgehead atoms. The molecule has 0 radical (unpaired) electrons. The van der Waals surface area contributed by atoms with E-state index in [0.717, 1.165) is 12.4 Å². The van der Waals surface area contributed by atoms with Gasteiger partial charge < -0.3 is 5.32 Å². The van der Waals surface area contributed by atoms with Crippen molar-refractivity contribution in [3.05, 3.63) is 56.9 Å². The van der Waals surface area contributed by atoms with Crippen LogP contribution in [-0.4, -0.2) is 19.8 Å². The van der Waals surface area contributed by atoms with Crippen molar-refractivity contribution < 1.29 is 9.85 Å². The van der Waals surface area contributed by atoms with Gasteiger partial charge in [-0.1, -0.05) is 13.8 Å². The first-order chi connectivity index (χ1) is 10.1. The van der Waals surface area contributed by atoms with Crippen molar-refractivity contribution in [2.75, 3.05) is 5.32 Å². The van der Waals surface area contributed by atoms with Crippen LogP contribution in [0.4, 0.5) is 23.0 Å². The number of pyridine rings is 2. The summed E-state index contributed by atoms with van der Waals surface area (Å²) in [6.45, 7) is 4.00. The lowest BCUT2D eigenvalue weighted by atomic mass is 10.4. The molecule has 0 amide bonds. The first-order valence-electron chi connectivity index (χ1n) is 6.04. The SMILES string of the molecule is CC.O=[N+]([O-])c1ccc(Nc2ccc([N+](=O)[O-])cn2)nc1. The minimum atomic E-state index is -0.555. The average molecular weight is 291 g/mol. The summed E-state index contributed by atoms with van der Waals surface area (Å²) in [5, 5.41) is 23.7. The van der Waals surface area contributed by atoms with E-state index in [1.165, 1.54) is 24.3 Å². The second-order valence-electron chi connectivity index (χ2n) is 3.44. The number of hydrogen-bond donors (Lipinski definition) is 1. The normalized spacial score (nSPS) is 9.24. The van der Waals surface area contributed by atoms with Crippen LogP contribution in [0.15, 0.2) is 36.7 Å². The number of nitrogens with one attached hydrogen (secondary N) is 1. The minimum absolute atomic E-state index is 0.123. The first-order valence-corrected chi connectivity index (χ1v) is 6.04. The summed E-state index contributed by atoms with van der Waals surface area (Å²) in [5.74, 6) is 0.707. The molecule has 0 aliphatic rings. The lowest BCUT2D eigenvalue weighted by molar-refractivity contribution is -0.385. The largest absolute Gasteiger partial charge is 0.325 e. The van der Waals surface area contributed by atoms with Crippen molar-refractivity contribution in [2.24, 2.45) is 0 Å². The van der Waals surface area contributed by atoms with Crippen LogP contribution in [0.2, 0.25) is 0 Å². The second-order valence-corrected chi connectivity index (χ2v) is 3.44. The predicted octanol–water partition coefficient (Wildman–Crippen LogP) is 3.06. The summed E-state index contributed by atoms with van der Waals surface area (Å²) < 4.78 is 0. The van der Waals surface area contributed by atoms with Crippen molar-refractivity contribution in [3.63, 3.8) is 0 Å². The van der Waals surface area contributed by atoms with Crippen LogP contribution in [0, 0.1) is 20.2 Å². The van der Waals surface area contributed by atoms with Crippen LogP contribution >= 0.6 is 0 Å². The zero-order chi connectivity index (χ0) is 15.8. The molecule has 2 heterocycles. The molecule has 0 aliphatic heterocycles. The average Bonchev–Trinajstić information content (AvgIpc) is 2.50. The first kappa shape index (κ1) is 16.0. The molecule has 0 aromatic carbocycles. The molecule has 0 saturated heterocycles. The Balaban J connectivity index is 0.00000106. The van der Waals surface area contributed by atoms with Crippen molar-refractivity contribution >= 4 is 23.0 Å². The summed E-state index contributed by atoms with van der Waals surface area (Å²) in [5.41, 5.74) is -0.246. The van der Waals surface area contributed by atoms with Gasteiger partial charge in [0.05, 0.1) is 9.85 Å². The number of aromatic nitrogens is 2. The monoisotopic (exact) mass is 291 g/mol. The molecule has 0 unspecified atom stereocenters. The molecule has 0 atom stereocenters. The molecule has 0 spiro atoms. The smallest absolute Gasteiger partial charge is 0.287 e. The van der Waals surface area contributed by atoms with Crippen molar-refractivity contribution in [1.29, 1.82) is 0 Å². The number of rotatable bonds is 4. The summed E-state index contributed by atoms with van der Waals surface area (Å²) >= 11 is 0. The maximum Gasteiger partial charge on any atom is 0.287 e. The van der Waals surface area contributed by atoms with E-state index < -0.39 is 9.85 Å². The van der Waals surface area contributed by atoms with Crippen LogP contribution < -0.4 is 5.32 Å². The molecule has 2 rings (SSSR count). The fourth-order valence-corrected chi connectivity index (χ4v) is 1.27. The zero-order valence-corrected chi connectivity index (χ0v) is 11.4. The summed E-state index contributed by atoms with van der Waals surface area (Å²) in [6, 6.07) is 5.42. The molecular formula is C12H13N5O4. The molecule has 1 N–H and O–H groups in total. The van der Waals surface area contributed by atoms with Gasteiger partial charge in [-0.25, -0.2) is 9.97 Å². The van der Waals surface area contributed by atoms with Crippen molar-refractivity contribution in [3.8, 4) is 0 Å². The van der Waals surface area contributed by atoms with Gasteiger partial charge in [0.2, 0.25) is 0 Å². The Morgan fingerprint density at radius 3 is 1.48 bits per heavy atom. The lowest BCUT2D eigenvalue weighted by Gasteiger charge is -2.03. The van der Waals surface area contributed by atoms with Gasteiger partial charge in [0.25, 0.3) is 11.4 Å². The molecule has 0 aliphatic carbocycles. The molecule has 2 aromatic rings. The minimum Gasteiger partial charge on any atom is -0.325 e. The standard InChI is InChI=1S/C10H7N5O4.C2H6/c16-14(17)7-1-3-9(11-5-7)13-10-4-2-8(6-12-10)15(18)19;1-2/h1-6H,(H,11,12,13);1-2H3. The van der Waals surface area contributed by atoms with Gasteiger partial charge in [-0.15, -0.1) is 0 Å². The quantitative estimate of drug-likeness (QED) is 0.677. The third kappa shape index (κ3) is 4.49. The highest BCUT2D eigenvalue weighted by molar-refractivity contribution is 5.53. The Bertz CT molecular complexity index is 557. The maximum absolute atomic E-state index is 10.4. The van der Waals surface area contributed by atoms with Crippen LogP contribution in [0.3, 0.4) is 0 Å². The Kier molecular flexibility index (Phi) is 5.68. The Hall–Kier alpha value is -3.10. The summed E-state index contributed by atoms with van der Waals surface area (Å²) in [4.78, 5) is 27.4. The van der Waals surface area contributed by atoms with Crippen molar-refractivity contribution in [2.45, 2.75) is 13.8 Å². The third-order valence-corrected chi connectivity index (χ3v) is 2.17. The highest BCUT2D eigenvalue weighted by atomic mass is 16.6. The van der Waals surface area contributed by atoms with E-state index in [0.29, 0.717) is 11.6 Å². The molecule has 9 heteroatoms. The van der Waals surface area contributed by atoms with Crippen LogP contribution in [0.5, 0.6) is 0 Å². The zero-order valence-electron chi connectivity index (χ0n) is 11.4. The van der Waals surface area contributed by atoms with E-state index in [2.05, 4.69) is 15.3 Å². The Morgan fingerprint density at radius 1 is 0.857 bits per heavy atom. The van der Waals surface area contributed by atoms with Crippen molar-refractivity contribution in [1.82, 2.24) is 9.97 Å². The Morgan fingerprint density at radius 2 is 1.24 bits per heavy atom. The van der Waals surface area contributed by atoms with E-state index in [-0.39, 0.29) is 11.4 Å². The van der Waals surface area contributed by atoms with E-state index in [1.54, 1.807) is 0 Å². The fourth-order valence-electron chi connectivity index (χ4n) is 1.27. The van der Waals surface area contributed by atoms with Gasteiger partial charge in [0.15, 0.2) is 0 Å². The van der Waals surface area contributed by atoms with E-state index >= 15 is 0 Å². The van der Waals surface area contributed by atoms with Gasteiger partial charge in [0, 0.05) is 12.1 Å². The molecule has 9 nitrogen and oxygen atoms in total. The summed E-state index contributed by atoms with van der Waals surface area (Å²) in [7, 11) is 0. The molecule has 2 aromatic heterocycles. The highest BCUT2D eigenvalue weighted by Crippen LogP contribution is 2.17.